The number of carbonyl (C=O) groups excluding carboxylic acids is 1. The fourth-order valence-electron chi connectivity index (χ4n) is 0.501. The summed E-state index contributed by atoms with van der Waals surface area (Å²) in [6.07, 6.45) is 0. The van der Waals surface area contributed by atoms with Gasteiger partial charge < -0.3 is 4.90 Å². The first-order valence-electron chi connectivity index (χ1n) is 2.85. The molecular weight excluding hydrogens is 132 g/mol. The molecule has 0 saturated carbocycles. The molecule has 0 spiro atoms. The molecule has 1 atom stereocenters. The van der Waals surface area contributed by atoms with Gasteiger partial charge in [-0.1, -0.05) is 5.11 Å². The number of amides is 1. The Hall–Kier alpha value is -1.22. The van der Waals surface area contributed by atoms with Gasteiger partial charge in [0.05, 0.1) is 0 Å². The normalized spacial score (nSPS) is 11.5. The molecule has 0 aliphatic heterocycles. The van der Waals surface area contributed by atoms with Crippen LogP contribution in [0, 0.1) is 0 Å². The van der Waals surface area contributed by atoms with Crippen LogP contribution >= 0.6 is 0 Å². The lowest BCUT2D eigenvalue weighted by Crippen LogP contribution is -2.29. The molecule has 10 heavy (non-hydrogen) atoms. The van der Waals surface area contributed by atoms with E-state index in [1.165, 1.54) is 4.90 Å². The lowest BCUT2D eigenvalue weighted by Gasteiger charge is -2.11. The molecule has 0 radical (unpaired) electrons. The third-order valence-electron chi connectivity index (χ3n) is 1.02. The van der Waals surface area contributed by atoms with Crippen LogP contribution < -0.4 is 0 Å². The van der Waals surface area contributed by atoms with Crippen LogP contribution in [0.4, 0.5) is 0 Å². The van der Waals surface area contributed by atoms with Crippen molar-refractivity contribution in [2.45, 2.75) is 13.0 Å². The lowest BCUT2D eigenvalue weighted by atomic mass is 10.3. The summed E-state index contributed by atoms with van der Waals surface area (Å²) in [5, 5.41) is 3.24. The maximum Gasteiger partial charge on any atom is 0.230 e. The van der Waals surface area contributed by atoms with E-state index in [4.69, 9.17) is 5.53 Å². The molecule has 0 saturated heterocycles. The number of rotatable bonds is 2. The summed E-state index contributed by atoms with van der Waals surface area (Å²) in [5.41, 5.74) is 7.95. The predicted octanol–water partition coefficient (Wildman–Crippen LogP) is 0.773. The molecule has 5 nitrogen and oxygen atoms in total. The standard InChI is InChI=1S/C5H10N4O/c1-4(7-8-6)5(10)9(2)3/h4H,1-3H3/t4-/m1/s1. The average Bonchev–Trinajstić information content (AvgIpc) is 1.87. The largest absolute Gasteiger partial charge is 0.348 e. The van der Waals surface area contributed by atoms with Gasteiger partial charge in [-0.3, -0.25) is 4.79 Å². The highest BCUT2D eigenvalue weighted by Crippen LogP contribution is 1.93. The van der Waals surface area contributed by atoms with E-state index in [-0.39, 0.29) is 5.91 Å². The van der Waals surface area contributed by atoms with E-state index in [0.717, 1.165) is 0 Å². The van der Waals surface area contributed by atoms with E-state index in [2.05, 4.69) is 10.0 Å². The smallest absolute Gasteiger partial charge is 0.230 e. The van der Waals surface area contributed by atoms with Crippen molar-refractivity contribution in [2.75, 3.05) is 14.1 Å². The number of azide groups is 1. The first kappa shape index (κ1) is 8.78. The summed E-state index contributed by atoms with van der Waals surface area (Å²) in [6, 6.07) is -0.597. The minimum absolute atomic E-state index is 0.183. The number of nitrogens with zero attached hydrogens (tertiary/aromatic N) is 4. The number of likely N-dealkylation sites (N-methyl/N-ethyl adjacent to an activating group) is 1. The Morgan fingerprint density at radius 1 is 1.70 bits per heavy atom. The molecule has 0 aromatic heterocycles. The van der Waals surface area contributed by atoms with Gasteiger partial charge in [-0.15, -0.1) is 0 Å². The van der Waals surface area contributed by atoms with Gasteiger partial charge in [-0.2, -0.15) is 0 Å². The Labute approximate surface area is 59.3 Å². The van der Waals surface area contributed by atoms with Gasteiger partial charge >= 0.3 is 0 Å². The maximum atomic E-state index is 10.9. The van der Waals surface area contributed by atoms with Gasteiger partial charge in [0.2, 0.25) is 5.91 Å². The monoisotopic (exact) mass is 142 g/mol. The van der Waals surface area contributed by atoms with Crippen molar-refractivity contribution >= 4 is 5.91 Å². The molecule has 1 amide bonds. The van der Waals surface area contributed by atoms with Crippen LogP contribution in [0.1, 0.15) is 6.92 Å². The van der Waals surface area contributed by atoms with Crippen LogP contribution in [0.15, 0.2) is 5.11 Å². The minimum Gasteiger partial charge on any atom is -0.348 e. The highest BCUT2D eigenvalue weighted by Gasteiger charge is 2.11. The van der Waals surface area contributed by atoms with Crippen LogP contribution in [-0.4, -0.2) is 30.9 Å². The van der Waals surface area contributed by atoms with Crippen LogP contribution in [0.2, 0.25) is 0 Å². The summed E-state index contributed by atoms with van der Waals surface area (Å²) in [5.74, 6) is -0.183. The van der Waals surface area contributed by atoms with E-state index in [9.17, 15) is 4.79 Å². The highest BCUT2D eigenvalue weighted by atomic mass is 16.2. The molecular formula is C5H10N4O. The van der Waals surface area contributed by atoms with Crippen molar-refractivity contribution in [2.24, 2.45) is 5.11 Å². The summed E-state index contributed by atoms with van der Waals surface area (Å²) < 4.78 is 0. The van der Waals surface area contributed by atoms with Gasteiger partial charge in [0.1, 0.15) is 6.04 Å². The second kappa shape index (κ2) is 3.74. The third kappa shape index (κ3) is 2.37. The van der Waals surface area contributed by atoms with Crippen molar-refractivity contribution in [1.29, 1.82) is 0 Å². The summed E-state index contributed by atoms with van der Waals surface area (Å²) in [4.78, 5) is 14.8. The van der Waals surface area contributed by atoms with E-state index < -0.39 is 6.04 Å². The molecule has 0 heterocycles. The van der Waals surface area contributed by atoms with E-state index in [1.807, 2.05) is 0 Å². The van der Waals surface area contributed by atoms with Crippen molar-refractivity contribution < 1.29 is 4.79 Å². The van der Waals surface area contributed by atoms with Gasteiger partial charge in [0, 0.05) is 19.0 Å². The topological polar surface area (TPSA) is 69.1 Å². The second-order valence-corrected chi connectivity index (χ2v) is 2.11. The SMILES string of the molecule is C[C@@H](N=[N+]=[N-])C(=O)N(C)C. The van der Waals surface area contributed by atoms with Crippen LogP contribution in [-0.2, 0) is 4.79 Å². The molecule has 0 N–H and O–H groups in total. The van der Waals surface area contributed by atoms with Crippen LogP contribution in [0.25, 0.3) is 10.4 Å². The Balaban J connectivity index is 4.07. The molecule has 5 heteroatoms. The second-order valence-electron chi connectivity index (χ2n) is 2.11. The summed E-state index contributed by atoms with van der Waals surface area (Å²) >= 11 is 0. The zero-order chi connectivity index (χ0) is 8.15. The van der Waals surface area contributed by atoms with E-state index in [1.54, 1.807) is 21.0 Å². The molecule has 0 bridgehead atoms. The minimum atomic E-state index is -0.597. The average molecular weight is 142 g/mol. The molecule has 0 aromatic rings. The maximum absolute atomic E-state index is 10.9. The lowest BCUT2D eigenvalue weighted by molar-refractivity contribution is -0.129. The van der Waals surface area contributed by atoms with Gasteiger partial charge in [0.15, 0.2) is 0 Å². The van der Waals surface area contributed by atoms with Crippen molar-refractivity contribution in [3.63, 3.8) is 0 Å². The van der Waals surface area contributed by atoms with Crippen molar-refractivity contribution in [3.8, 4) is 0 Å². The molecule has 0 unspecified atom stereocenters. The molecule has 56 valence electrons. The third-order valence-corrected chi connectivity index (χ3v) is 1.02. The Kier molecular flexibility index (Phi) is 3.28. The molecule has 0 aromatic carbocycles. The fourth-order valence-corrected chi connectivity index (χ4v) is 0.501. The van der Waals surface area contributed by atoms with Gasteiger partial charge in [0.25, 0.3) is 0 Å². The first-order valence-corrected chi connectivity index (χ1v) is 2.85. The number of hydrogen-bond donors (Lipinski definition) is 0. The summed E-state index contributed by atoms with van der Waals surface area (Å²) in [7, 11) is 3.23. The number of carbonyl (C=O) groups is 1. The van der Waals surface area contributed by atoms with E-state index >= 15 is 0 Å². The quantitative estimate of drug-likeness (QED) is 0.319. The highest BCUT2D eigenvalue weighted by molar-refractivity contribution is 5.80. The Bertz CT molecular complexity index is 170. The molecule has 0 aliphatic carbocycles. The molecule has 0 fully saturated rings. The first-order chi connectivity index (χ1) is 4.59. The fraction of sp³-hybridized carbons (Fsp3) is 0.800. The van der Waals surface area contributed by atoms with E-state index in [0.29, 0.717) is 0 Å². The van der Waals surface area contributed by atoms with Crippen LogP contribution in [0.3, 0.4) is 0 Å². The molecule has 0 rings (SSSR count). The van der Waals surface area contributed by atoms with Gasteiger partial charge in [-0.05, 0) is 12.5 Å². The zero-order valence-electron chi connectivity index (χ0n) is 6.27. The number of hydrogen-bond acceptors (Lipinski definition) is 2. The summed E-state index contributed by atoms with van der Waals surface area (Å²) in [6.45, 7) is 1.56. The van der Waals surface area contributed by atoms with Crippen molar-refractivity contribution in [1.82, 2.24) is 4.90 Å². The predicted molar refractivity (Wildman–Crippen MR) is 37.3 cm³/mol. The van der Waals surface area contributed by atoms with Crippen LogP contribution in [0.5, 0.6) is 0 Å². The molecule has 0 aliphatic rings. The Morgan fingerprint density at radius 3 is 2.50 bits per heavy atom. The zero-order valence-corrected chi connectivity index (χ0v) is 6.27. The Morgan fingerprint density at radius 2 is 2.20 bits per heavy atom. The van der Waals surface area contributed by atoms with Gasteiger partial charge in [-0.25, -0.2) is 0 Å². The van der Waals surface area contributed by atoms with Crippen molar-refractivity contribution in [3.05, 3.63) is 10.4 Å².